The van der Waals surface area contributed by atoms with E-state index in [-0.39, 0.29) is 17.9 Å². The van der Waals surface area contributed by atoms with Crippen molar-refractivity contribution < 1.29 is 34.8 Å². The maximum absolute atomic E-state index is 11.2. The van der Waals surface area contributed by atoms with Crippen LogP contribution in [0.1, 0.15) is 24.8 Å². The van der Waals surface area contributed by atoms with Gasteiger partial charge in [-0.15, -0.1) is 0 Å². The fraction of sp³-hybridized carbons (Fsp3) is 0.312. The predicted molar refractivity (Wildman–Crippen MR) is 91.1 cm³/mol. The van der Waals surface area contributed by atoms with Crippen LogP contribution < -0.4 is 0 Å². The van der Waals surface area contributed by atoms with E-state index in [1.807, 2.05) is 0 Å². The number of aliphatic hydroxyl groups excluding tert-OH is 1. The summed E-state index contributed by atoms with van der Waals surface area (Å²) in [7, 11) is -4.84. The lowest BCUT2D eigenvalue weighted by atomic mass is 9.76. The number of hydrogen-bond donors (Lipinski definition) is 6. The lowest BCUT2D eigenvalue weighted by molar-refractivity contribution is -0.199. The van der Waals surface area contributed by atoms with E-state index in [1.54, 1.807) is 6.92 Å². The first-order valence-corrected chi connectivity index (χ1v) is 9.09. The first-order chi connectivity index (χ1) is 11.6. The van der Waals surface area contributed by atoms with Crippen LogP contribution in [0, 0.1) is 5.92 Å². The van der Waals surface area contributed by atoms with Gasteiger partial charge in [0.05, 0.1) is 5.71 Å². The zero-order valence-corrected chi connectivity index (χ0v) is 14.3. The number of hydrogen-bond acceptors (Lipinski definition) is 5. The highest BCUT2D eigenvalue weighted by molar-refractivity contribution is 7.50. The van der Waals surface area contributed by atoms with Crippen molar-refractivity contribution in [3.05, 3.63) is 53.8 Å². The molecule has 8 nitrogen and oxygen atoms in total. The van der Waals surface area contributed by atoms with Crippen molar-refractivity contribution in [2.75, 3.05) is 0 Å². The first kappa shape index (κ1) is 19.4. The van der Waals surface area contributed by atoms with Crippen LogP contribution in [0.4, 0.5) is 0 Å². The molecular formula is C16H20NO7P. The summed E-state index contributed by atoms with van der Waals surface area (Å²) in [5, 5.41) is 41.1. The second kappa shape index (κ2) is 7.11. The summed E-state index contributed by atoms with van der Waals surface area (Å²) in [6.07, 6.45) is 3.95. The summed E-state index contributed by atoms with van der Waals surface area (Å²) >= 11 is 0. The third kappa shape index (κ3) is 4.36. The highest BCUT2D eigenvalue weighted by atomic mass is 31.2. The Morgan fingerprint density at radius 3 is 2.32 bits per heavy atom. The minimum atomic E-state index is -4.84. The summed E-state index contributed by atoms with van der Waals surface area (Å²) in [5.41, 5.74) is 0.138. The molecule has 0 radical (unpaired) electrons. The van der Waals surface area contributed by atoms with E-state index in [2.05, 4.69) is 4.76 Å². The van der Waals surface area contributed by atoms with Gasteiger partial charge in [0.25, 0.3) is 0 Å². The zero-order valence-electron chi connectivity index (χ0n) is 13.4. The van der Waals surface area contributed by atoms with Gasteiger partial charge in [0.1, 0.15) is 17.4 Å². The molecule has 6 N–H and O–H groups in total. The largest absolute Gasteiger partial charge is 0.511 e. The van der Waals surface area contributed by atoms with Crippen LogP contribution in [0.3, 0.4) is 0 Å². The second-order valence-corrected chi connectivity index (χ2v) is 6.98. The lowest BCUT2D eigenvalue weighted by Gasteiger charge is -2.38. The van der Waals surface area contributed by atoms with Gasteiger partial charge >= 0.3 is 7.75 Å². The average Bonchev–Trinajstić information content (AvgIpc) is 2.47. The molecule has 1 aromatic rings. The molecule has 2 unspecified atom stereocenters. The Morgan fingerprint density at radius 2 is 1.80 bits per heavy atom. The molecule has 0 amide bonds. The monoisotopic (exact) mass is 369 g/mol. The van der Waals surface area contributed by atoms with Crippen molar-refractivity contribution in [1.82, 2.24) is 0 Å². The molecule has 9 heteroatoms. The summed E-state index contributed by atoms with van der Waals surface area (Å²) < 4.78 is 14.4. The third-order valence-electron chi connectivity index (χ3n) is 4.01. The third-order valence-corrected chi connectivity index (χ3v) is 4.50. The summed E-state index contributed by atoms with van der Waals surface area (Å²) in [6, 6.07) is 5.78. The van der Waals surface area contributed by atoms with E-state index in [9.17, 15) is 25.0 Å². The number of aromatic hydroxyl groups is 1. The molecule has 136 valence electrons. The summed E-state index contributed by atoms with van der Waals surface area (Å²) in [5.74, 6) is -5.50. The molecule has 0 saturated carbocycles. The van der Waals surface area contributed by atoms with Crippen LogP contribution in [0.25, 0.3) is 0 Å². The van der Waals surface area contributed by atoms with E-state index in [0.29, 0.717) is 5.56 Å². The molecule has 0 aromatic heterocycles. The van der Waals surface area contributed by atoms with E-state index in [4.69, 9.17) is 9.79 Å². The van der Waals surface area contributed by atoms with E-state index < -0.39 is 31.1 Å². The van der Waals surface area contributed by atoms with Crippen LogP contribution in [-0.4, -0.2) is 41.7 Å². The average molecular weight is 369 g/mol. The van der Waals surface area contributed by atoms with Crippen molar-refractivity contribution in [2.45, 2.75) is 25.0 Å². The van der Waals surface area contributed by atoms with E-state index in [0.717, 1.165) is 0 Å². The Hall–Kier alpha value is -1.96. The molecule has 0 saturated heterocycles. The standard InChI is InChI=1S/C16H20NO7P/c1-2-12(10-6-8-11(18)9-7-10)16(20,21)15-13(17-25(22,23)24)4-3-5-14(15)19/h3-9,12,15,18-21H,2H2,1H3,(H2,22,23,24)/b17-13+. The molecule has 0 aliphatic heterocycles. The first-order valence-electron chi connectivity index (χ1n) is 7.52. The Kier molecular flexibility index (Phi) is 5.51. The fourth-order valence-corrected chi connectivity index (χ4v) is 3.44. The molecule has 2 atom stereocenters. The zero-order chi connectivity index (χ0) is 18.8. The van der Waals surface area contributed by atoms with Crippen molar-refractivity contribution in [3.8, 4) is 5.75 Å². The van der Waals surface area contributed by atoms with Crippen LogP contribution in [-0.2, 0) is 4.57 Å². The molecule has 0 spiro atoms. The molecular weight excluding hydrogens is 349 g/mol. The van der Waals surface area contributed by atoms with Crippen molar-refractivity contribution in [1.29, 1.82) is 0 Å². The highest BCUT2D eigenvalue weighted by Gasteiger charge is 2.47. The molecule has 1 aliphatic carbocycles. The van der Waals surface area contributed by atoms with Crippen LogP contribution in [0.2, 0.25) is 0 Å². The highest BCUT2D eigenvalue weighted by Crippen LogP contribution is 2.43. The second-order valence-electron chi connectivity index (χ2n) is 5.76. The molecule has 0 bridgehead atoms. The van der Waals surface area contributed by atoms with Gasteiger partial charge in [0.15, 0.2) is 5.79 Å². The lowest BCUT2D eigenvalue weighted by Crippen LogP contribution is -2.48. The van der Waals surface area contributed by atoms with Crippen LogP contribution in [0.15, 0.2) is 53.0 Å². The summed E-state index contributed by atoms with van der Waals surface area (Å²) in [6.45, 7) is 1.69. The van der Waals surface area contributed by atoms with E-state index >= 15 is 0 Å². The molecule has 1 aliphatic rings. The van der Waals surface area contributed by atoms with Gasteiger partial charge < -0.3 is 30.2 Å². The Balaban J connectivity index is 2.51. The van der Waals surface area contributed by atoms with Gasteiger partial charge in [-0.1, -0.05) is 25.1 Å². The molecule has 0 fully saturated rings. The number of rotatable bonds is 5. The van der Waals surface area contributed by atoms with E-state index in [1.165, 1.54) is 42.5 Å². The number of phenolic OH excluding ortho intramolecular Hbond substituents is 1. The minimum absolute atomic E-state index is 0.00664. The minimum Gasteiger partial charge on any atom is -0.511 e. The van der Waals surface area contributed by atoms with Gasteiger partial charge in [-0.3, -0.25) is 0 Å². The number of phenols is 1. The maximum Gasteiger partial charge on any atom is 0.448 e. The maximum atomic E-state index is 11.2. The topological polar surface area (TPSA) is 151 Å². The van der Waals surface area contributed by atoms with Crippen LogP contribution >= 0.6 is 7.75 Å². The van der Waals surface area contributed by atoms with Crippen LogP contribution in [0.5, 0.6) is 5.75 Å². The van der Waals surface area contributed by atoms with Crippen molar-refractivity contribution in [3.63, 3.8) is 0 Å². The van der Waals surface area contributed by atoms with Gasteiger partial charge in [-0.2, -0.15) is 4.76 Å². The van der Waals surface area contributed by atoms with Gasteiger partial charge in [-0.25, -0.2) is 4.57 Å². The normalized spacial score (nSPS) is 21.2. The van der Waals surface area contributed by atoms with Crippen molar-refractivity contribution in [2.24, 2.45) is 10.7 Å². The number of allylic oxidation sites excluding steroid dienone is 3. The number of benzene rings is 1. The Bertz CT molecular complexity index is 761. The SMILES string of the molecule is CCC(c1ccc(O)cc1)C(O)(O)C1C(O)=CC=C/C1=N\P(=O)(O)O. The molecule has 2 rings (SSSR count). The molecule has 25 heavy (non-hydrogen) atoms. The molecule has 0 heterocycles. The summed E-state index contributed by atoms with van der Waals surface area (Å²) in [4.78, 5) is 18.2. The van der Waals surface area contributed by atoms with Gasteiger partial charge in [0.2, 0.25) is 0 Å². The van der Waals surface area contributed by atoms with Gasteiger partial charge in [-0.05, 0) is 36.3 Å². The van der Waals surface area contributed by atoms with Gasteiger partial charge in [0, 0.05) is 5.92 Å². The molecule has 1 aromatic carbocycles. The Labute approximate surface area is 144 Å². The Morgan fingerprint density at radius 1 is 1.20 bits per heavy atom. The quantitative estimate of drug-likeness (QED) is 0.342. The van der Waals surface area contributed by atoms with Crippen molar-refractivity contribution >= 4 is 13.5 Å². The smallest absolute Gasteiger partial charge is 0.448 e. The fourth-order valence-electron chi connectivity index (χ4n) is 2.96. The predicted octanol–water partition coefficient (Wildman–Crippen LogP) is 1.73. The number of aliphatic hydroxyl groups is 3. The number of nitrogens with zero attached hydrogens (tertiary/aromatic N) is 1.